The largest absolute Gasteiger partial charge is 0.357 e. The lowest BCUT2D eigenvalue weighted by Gasteiger charge is -2.03. The van der Waals surface area contributed by atoms with Gasteiger partial charge in [-0.15, -0.1) is 16.8 Å². The molecule has 0 aliphatic carbocycles. The van der Waals surface area contributed by atoms with Gasteiger partial charge in [0.1, 0.15) is 0 Å². The van der Waals surface area contributed by atoms with Gasteiger partial charge in [0.15, 0.2) is 10.1 Å². The van der Waals surface area contributed by atoms with Gasteiger partial charge in [-0.1, -0.05) is 41.3 Å². The second-order valence-electron chi connectivity index (χ2n) is 4.55. The Hall–Kier alpha value is -1.66. The Kier molecular flexibility index (Phi) is 5.52. The third-order valence-corrected chi connectivity index (χ3v) is 4.97. The molecule has 1 heterocycles. The standard InChI is InChI=1S/C15H17N3OS2/c1-4-7-16-14-17-18-15(21-14)20-9-13(19)12-6-5-10(2)11(3)8-12/h4-6,8H,1,7,9H2,2-3H3,(H,16,17). The molecular weight excluding hydrogens is 302 g/mol. The number of aryl methyl sites for hydroxylation is 2. The van der Waals surface area contributed by atoms with Crippen LogP contribution in [0.15, 0.2) is 35.2 Å². The topological polar surface area (TPSA) is 54.9 Å². The van der Waals surface area contributed by atoms with Gasteiger partial charge in [0, 0.05) is 12.1 Å². The van der Waals surface area contributed by atoms with Gasteiger partial charge in [-0.05, 0) is 31.0 Å². The first kappa shape index (κ1) is 15.7. The minimum Gasteiger partial charge on any atom is -0.357 e. The lowest BCUT2D eigenvalue weighted by molar-refractivity contribution is 0.102. The van der Waals surface area contributed by atoms with Crippen LogP contribution in [-0.2, 0) is 0 Å². The molecule has 1 aromatic carbocycles. The van der Waals surface area contributed by atoms with Crippen LogP contribution in [0, 0.1) is 13.8 Å². The normalized spacial score (nSPS) is 10.4. The Bertz CT molecular complexity index is 652. The van der Waals surface area contributed by atoms with Gasteiger partial charge in [0.2, 0.25) is 5.13 Å². The highest BCUT2D eigenvalue weighted by molar-refractivity contribution is 8.01. The fraction of sp³-hybridized carbons (Fsp3) is 0.267. The Balaban J connectivity index is 1.92. The molecule has 1 N–H and O–H groups in total. The molecule has 0 atom stereocenters. The Morgan fingerprint density at radius 2 is 2.19 bits per heavy atom. The summed E-state index contributed by atoms with van der Waals surface area (Å²) >= 11 is 2.86. The second kappa shape index (κ2) is 7.38. The van der Waals surface area contributed by atoms with Crippen LogP contribution in [-0.4, -0.2) is 28.3 Å². The van der Waals surface area contributed by atoms with Gasteiger partial charge in [-0.2, -0.15) is 0 Å². The number of benzene rings is 1. The first-order valence-electron chi connectivity index (χ1n) is 6.51. The van der Waals surface area contributed by atoms with Crippen molar-refractivity contribution in [3.8, 4) is 0 Å². The summed E-state index contributed by atoms with van der Waals surface area (Å²) in [5.41, 5.74) is 3.08. The molecule has 2 rings (SSSR count). The Morgan fingerprint density at radius 3 is 2.90 bits per heavy atom. The van der Waals surface area contributed by atoms with Crippen molar-refractivity contribution in [1.29, 1.82) is 0 Å². The van der Waals surface area contributed by atoms with E-state index in [0.29, 0.717) is 12.3 Å². The van der Waals surface area contributed by atoms with Crippen LogP contribution < -0.4 is 5.32 Å². The van der Waals surface area contributed by atoms with E-state index in [-0.39, 0.29) is 5.78 Å². The highest BCUT2D eigenvalue weighted by atomic mass is 32.2. The van der Waals surface area contributed by atoms with E-state index in [1.54, 1.807) is 6.08 Å². The number of nitrogens with zero attached hydrogens (tertiary/aromatic N) is 2. The Morgan fingerprint density at radius 1 is 1.38 bits per heavy atom. The fourth-order valence-electron chi connectivity index (χ4n) is 1.62. The van der Waals surface area contributed by atoms with Crippen molar-refractivity contribution in [2.45, 2.75) is 18.2 Å². The second-order valence-corrected chi connectivity index (χ2v) is 6.75. The summed E-state index contributed by atoms with van der Waals surface area (Å²) < 4.78 is 0.791. The van der Waals surface area contributed by atoms with Crippen molar-refractivity contribution in [2.75, 3.05) is 17.6 Å². The summed E-state index contributed by atoms with van der Waals surface area (Å²) in [6.07, 6.45) is 1.76. The number of hydrogen-bond donors (Lipinski definition) is 1. The zero-order chi connectivity index (χ0) is 15.2. The summed E-state index contributed by atoms with van der Waals surface area (Å²) in [4.78, 5) is 12.2. The van der Waals surface area contributed by atoms with Gasteiger partial charge < -0.3 is 5.32 Å². The van der Waals surface area contributed by atoms with E-state index in [1.807, 2.05) is 32.0 Å². The van der Waals surface area contributed by atoms with Crippen LogP contribution in [0.25, 0.3) is 0 Å². The molecule has 0 unspecified atom stereocenters. The number of aromatic nitrogens is 2. The van der Waals surface area contributed by atoms with Crippen LogP contribution in [0.2, 0.25) is 0 Å². The molecule has 2 aromatic rings. The van der Waals surface area contributed by atoms with Crippen molar-refractivity contribution < 1.29 is 4.79 Å². The van der Waals surface area contributed by atoms with Gasteiger partial charge >= 0.3 is 0 Å². The van der Waals surface area contributed by atoms with Gasteiger partial charge in [-0.25, -0.2) is 0 Å². The van der Waals surface area contributed by atoms with Gasteiger partial charge in [0.25, 0.3) is 0 Å². The number of hydrogen-bond acceptors (Lipinski definition) is 6. The smallest absolute Gasteiger partial charge is 0.206 e. The van der Waals surface area contributed by atoms with E-state index in [2.05, 4.69) is 22.1 Å². The molecule has 0 saturated heterocycles. The zero-order valence-corrected chi connectivity index (χ0v) is 13.7. The first-order chi connectivity index (χ1) is 10.1. The number of thioether (sulfide) groups is 1. The monoisotopic (exact) mass is 319 g/mol. The highest BCUT2D eigenvalue weighted by Gasteiger charge is 2.10. The SMILES string of the molecule is C=CCNc1nnc(SCC(=O)c2ccc(C)c(C)c2)s1. The molecule has 6 heteroatoms. The molecule has 4 nitrogen and oxygen atoms in total. The quantitative estimate of drug-likeness (QED) is 0.479. The summed E-state index contributed by atoms with van der Waals surface area (Å²) in [5.74, 6) is 0.484. The molecule has 21 heavy (non-hydrogen) atoms. The Labute approximate surface area is 132 Å². The molecule has 0 radical (unpaired) electrons. The summed E-state index contributed by atoms with van der Waals surface area (Å²) in [7, 11) is 0. The minimum absolute atomic E-state index is 0.110. The molecule has 110 valence electrons. The van der Waals surface area contributed by atoms with Crippen LogP contribution in [0.4, 0.5) is 5.13 Å². The molecule has 0 aliphatic rings. The summed E-state index contributed by atoms with van der Waals surface area (Å²) in [5, 5.41) is 11.9. The van der Waals surface area contributed by atoms with E-state index in [9.17, 15) is 4.79 Å². The average Bonchev–Trinajstić information content (AvgIpc) is 2.93. The van der Waals surface area contributed by atoms with Crippen molar-refractivity contribution in [3.05, 3.63) is 47.5 Å². The van der Waals surface area contributed by atoms with Crippen molar-refractivity contribution >= 4 is 34.0 Å². The molecule has 0 spiro atoms. The number of nitrogens with one attached hydrogen (secondary N) is 1. The maximum atomic E-state index is 12.2. The predicted molar refractivity (Wildman–Crippen MR) is 89.6 cm³/mol. The third kappa shape index (κ3) is 4.41. The number of carbonyl (C=O) groups excluding carboxylic acids is 1. The van der Waals surface area contributed by atoms with Crippen LogP contribution in [0.5, 0.6) is 0 Å². The minimum atomic E-state index is 0.110. The molecule has 0 bridgehead atoms. The van der Waals surface area contributed by atoms with Crippen LogP contribution >= 0.6 is 23.1 Å². The van der Waals surface area contributed by atoms with Crippen molar-refractivity contribution in [1.82, 2.24) is 10.2 Å². The maximum absolute atomic E-state index is 12.2. The number of rotatable bonds is 7. The van der Waals surface area contributed by atoms with E-state index in [1.165, 1.54) is 28.7 Å². The summed E-state index contributed by atoms with van der Waals surface area (Å²) in [6.45, 7) is 8.34. The third-order valence-electron chi connectivity index (χ3n) is 2.96. The van der Waals surface area contributed by atoms with Crippen molar-refractivity contribution in [3.63, 3.8) is 0 Å². The van der Waals surface area contributed by atoms with Gasteiger partial charge in [0.05, 0.1) is 5.75 Å². The lowest BCUT2D eigenvalue weighted by atomic mass is 10.0. The van der Waals surface area contributed by atoms with E-state index in [4.69, 9.17) is 0 Å². The lowest BCUT2D eigenvalue weighted by Crippen LogP contribution is -2.03. The maximum Gasteiger partial charge on any atom is 0.206 e. The fourth-order valence-corrected chi connectivity index (χ4v) is 3.28. The molecule has 0 amide bonds. The predicted octanol–water partition coefficient (Wildman–Crippen LogP) is 3.73. The zero-order valence-electron chi connectivity index (χ0n) is 12.0. The molecule has 1 aromatic heterocycles. The molecule has 0 saturated carbocycles. The average molecular weight is 319 g/mol. The van der Waals surface area contributed by atoms with Crippen LogP contribution in [0.1, 0.15) is 21.5 Å². The highest BCUT2D eigenvalue weighted by Crippen LogP contribution is 2.26. The molecular formula is C15H17N3OS2. The number of Topliss-reactive ketones (excluding diaryl/α,β-unsaturated/α-hetero) is 1. The summed E-state index contributed by atoms with van der Waals surface area (Å²) in [6, 6.07) is 5.80. The van der Waals surface area contributed by atoms with Crippen molar-refractivity contribution in [2.24, 2.45) is 0 Å². The first-order valence-corrected chi connectivity index (χ1v) is 8.32. The van der Waals surface area contributed by atoms with E-state index >= 15 is 0 Å². The molecule has 0 aliphatic heterocycles. The van der Waals surface area contributed by atoms with E-state index in [0.717, 1.165) is 20.6 Å². The molecule has 0 fully saturated rings. The number of anilines is 1. The van der Waals surface area contributed by atoms with Crippen LogP contribution in [0.3, 0.4) is 0 Å². The number of carbonyl (C=O) groups is 1. The number of ketones is 1. The van der Waals surface area contributed by atoms with E-state index < -0.39 is 0 Å². The van der Waals surface area contributed by atoms with Gasteiger partial charge in [-0.3, -0.25) is 4.79 Å².